The number of likely N-dealkylation sites (tertiary alicyclic amines) is 1. The number of sulfonamides is 1. The molecule has 2 aromatic carbocycles. The zero-order chi connectivity index (χ0) is 27.0. The summed E-state index contributed by atoms with van der Waals surface area (Å²) in [5.41, 5.74) is 4.98. The van der Waals surface area contributed by atoms with Gasteiger partial charge in [0.1, 0.15) is 17.4 Å². The molecule has 2 saturated heterocycles. The zero-order valence-corrected chi connectivity index (χ0v) is 21.1. The Kier molecular flexibility index (Phi) is 7.57. The number of carbonyl (C=O) groups excluding carboxylic acids is 1. The molecule has 4 N–H and O–H groups in total. The van der Waals surface area contributed by atoms with E-state index >= 15 is 0 Å². The van der Waals surface area contributed by atoms with E-state index in [1.807, 2.05) is 11.8 Å². The van der Waals surface area contributed by atoms with Gasteiger partial charge in [-0.05, 0) is 48.7 Å². The summed E-state index contributed by atoms with van der Waals surface area (Å²) < 4.78 is 74.2. The highest BCUT2D eigenvalue weighted by Gasteiger charge is 2.50. The fourth-order valence-corrected chi connectivity index (χ4v) is 5.70. The van der Waals surface area contributed by atoms with Crippen LogP contribution in [0.25, 0.3) is 0 Å². The maximum Gasteiger partial charge on any atom is 0.416 e. The van der Waals surface area contributed by atoms with Gasteiger partial charge in [0.25, 0.3) is 0 Å². The molecule has 202 valence electrons. The third-order valence-corrected chi connectivity index (χ3v) is 8.28. The monoisotopic (exact) mass is 541 g/mol. The second-order valence-corrected chi connectivity index (χ2v) is 11.2. The van der Waals surface area contributed by atoms with Crippen molar-refractivity contribution < 1.29 is 35.9 Å². The summed E-state index contributed by atoms with van der Waals surface area (Å²) in [6.07, 6.45) is -4.01. The average Bonchev–Trinajstić information content (AvgIpc) is 3.31. The Morgan fingerprint density at radius 1 is 1.22 bits per heavy atom. The summed E-state index contributed by atoms with van der Waals surface area (Å²) in [7, 11) is -3.82. The number of nitrogens with two attached hydrogens (primary N) is 2. The van der Waals surface area contributed by atoms with E-state index in [9.17, 15) is 26.4 Å². The predicted octanol–water partition coefficient (Wildman–Crippen LogP) is 3.01. The lowest BCUT2D eigenvalue weighted by molar-refractivity contribution is -0.142. The highest BCUT2D eigenvalue weighted by molar-refractivity contribution is 7.89. The Morgan fingerprint density at radius 2 is 1.92 bits per heavy atom. The number of nitrogens with zero attached hydrogens (tertiary/aromatic N) is 1. The number of rotatable bonds is 7. The lowest BCUT2D eigenvalue weighted by Crippen LogP contribution is -2.61. The number of primary sulfonamides is 1. The third-order valence-electron chi connectivity index (χ3n) is 7.35. The Labute approximate surface area is 213 Å². The van der Waals surface area contributed by atoms with Crippen molar-refractivity contribution in [3.8, 4) is 5.75 Å². The first kappa shape index (κ1) is 27.4. The number of hydrogen-bond acceptors (Lipinski definition) is 6. The topological polar surface area (TPSA) is 125 Å². The van der Waals surface area contributed by atoms with Gasteiger partial charge < -0.3 is 15.2 Å². The van der Waals surface area contributed by atoms with Gasteiger partial charge in [0.15, 0.2) is 0 Å². The molecule has 0 aliphatic carbocycles. The van der Waals surface area contributed by atoms with Crippen molar-refractivity contribution in [2.45, 2.75) is 60.9 Å². The van der Waals surface area contributed by atoms with Crippen molar-refractivity contribution in [3.05, 3.63) is 59.7 Å². The molecule has 8 nitrogen and oxygen atoms in total. The highest BCUT2D eigenvalue weighted by Crippen LogP contribution is 2.39. The van der Waals surface area contributed by atoms with Crippen molar-refractivity contribution in [2.24, 2.45) is 10.9 Å². The minimum Gasteiger partial charge on any atom is -0.489 e. The molecular weight excluding hydrogens is 511 g/mol. The van der Waals surface area contributed by atoms with Gasteiger partial charge in [-0.15, -0.1) is 0 Å². The molecule has 0 bridgehead atoms. The van der Waals surface area contributed by atoms with Crippen LogP contribution in [0.3, 0.4) is 0 Å². The molecular formula is C25H30F3N3O5S. The molecule has 0 radical (unpaired) electrons. The molecule has 12 heteroatoms. The van der Waals surface area contributed by atoms with E-state index in [0.717, 1.165) is 17.7 Å². The minimum atomic E-state index is -4.47. The fourth-order valence-electron chi connectivity index (χ4n) is 5.19. The standard InChI is InChI=1S/C25H30F3N3O5S/c1-16(17-5-7-21(8-6-17)37(30,33)34)22-14-24(23(29)32,10-12-35-22)31-11-9-20(15-31)36-19-4-2-3-18(13-19)25(26,27)28/h2-8,13,16,20,22H,9-12,14-15H2,1H3,(H2,29,32)(H2,30,33,34)/t16-,20+,22?,24?/m0/s1. The lowest BCUT2D eigenvalue weighted by atomic mass is 9.79. The van der Waals surface area contributed by atoms with Gasteiger partial charge in [0.05, 0.1) is 16.6 Å². The van der Waals surface area contributed by atoms with E-state index < -0.39 is 39.3 Å². The van der Waals surface area contributed by atoms with Crippen molar-refractivity contribution in [3.63, 3.8) is 0 Å². The molecule has 2 aliphatic heterocycles. The number of primary amides is 1. The van der Waals surface area contributed by atoms with Gasteiger partial charge in [-0.1, -0.05) is 25.1 Å². The molecule has 2 aliphatic rings. The molecule has 2 fully saturated rings. The Balaban J connectivity index is 1.47. The summed E-state index contributed by atoms with van der Waals surface area (Å²) in [5.74, 6) is -0.540. The molecule has 0 spiro atoms. The lowest BCUT2D eigenvalue weighted by Gasteiger charge is -2.46. The van der Waals surface area contributed by atoms with Crippen molar-refractivity contribution in [2.75, 3.05) is 19.7 Å². The maximum absolute atomic E-state index is 13.1. The van der Waals surface area contributed by atoms with Crippen LogP contribution >= 0.6 is 0 Å². The quantitative estimate of drug-likeness (QED) is 0.555. The van der Waals surface area contributed by atoms with E-state index in [2.05, 4.69) is 0 Å². The smallest absolute Gasteiger partial charge is 0.416 e. The first-order valence-electron chi connectivity index (χ1n) is 11.9. The molecule has 4 atom stereocenters. The van der Waals surface area contributed by atoms with Crippen LogP contribution in [0, 0.1) is 0 Å². The maximum atomic E-state index is 13.1. The van der Waals surface area contributed by atoms with Crippen molar-refractivity contribution in [1.82, 2.24) is 4.90 Å². The van der Waals surface area contributed by atoms with E-state index in [0.29, 0.717) is 39.0 Å². The first-order chi connectivity index (χ1) is 17.3. The van der Waals surface area contributed by atoms with Crippen LogP contribution < -0.4 is 15.6 Å². The van der Waals surface area contributed by atoms with Crippen LogP contribution in [0.2, 0.25) is 0 Å². The van der Waals surface area contributed by atoms with Gasteiger partial charge >= 0.3 is 6.18 Å². The van der Waals surface area contributed by atoms with Gasteiger partial charge in [-0.3, -0.25) is 9.69 Å². The van der Waals surface area contributed by atoms with Gasteiger partial charge in [0, 0.05) is 32.0 Å². The second-order valence-electron chi connectivity index (χ2n) is 9.66. The molecule has 0 saturated carbocycles. The van der Waals surface area contributed by atoms with Crippen molar-refractivity contribution >= 4 is 15.9 Å². The summed E-state index contributed by atoms with van der Waals surface area (Å²) in [4.78, 5) is 14.8. The molecule has 0 aromatic heterocycles. The van der Waals surface area contributed by atoms with Crippen LogP contribution in [-0.4, -0.2) is 56.7 Å². The van der Waals surface area contributed by atoms with Crippen LogP contribution in [0.15, 0.2) is 53.4 Å². The third kappa shape index (κ3) is 5.92. The fraction of sp³-hybridized carbons (Fsp3) is 0.480. The SMILES string of the molecule is C[C@@H](c1ccc(S(N)(=O)=O)cc1)C1CC(C(N)=O)(N2CC[C@@H](Oc3cccc(C(F)(F)F)c3)C2)CCO1. The Hall–Kier alpha value is -2.67. The summed E-state index contributed by atoms with van der Waals surface area (Å²) in [6, 6.07) is 10.9. The highest BCUT2D eigenvalue weighted by atomic mass is 32.2. The summed E-state index contributed by atoms with van der Waals surface area (Å²) in [5, 5.41) is 5.18. The van der Waals surface area contributed by atoms with Gasteiger partial charge in [-0.2, -0.15) is 13.2 Å². The molecule has 2 heterocycles. The average molecular weight is 542 g/mol. The molecule has 2 aromatic rings. The number of ether oxygens (including phenoxy) is 2. The second kappa shape index (κ2) is 10.2. The molecule has 37 heavy (non-hydrogen) atoms. The normalized spacial score (nSPS) is 26.1. The van der Waals surface area contributed by atoms with Crippen LogP contribution in [0.1, 0.15) is 43.2 Å². The number of hydrogen-bond donors (Lipinski definition) is 2. The predicted molar refractivity (Wildman–Crippen MR) is 129 cm³/mol. The minimum absolute atomic E-state index is 0.00312. The van der Waals surface area contributed by atoms with E-state index in [1.54, 1.807) is 12.1 Å². The van der Waals surface area contributed by atoms with Crippen LogP contribution in [0.5, 0.6) is 5.75 Å². The largest absolute Gasteiger partial charge is 0.489 e. The number of carbonyl (C=O) groups is 1. The van der Waals surface area contributed by atoms with Crippen molar-refractivity contribution in [1.29, 1.82) is 0 Å². The Bertz CT molecular complexity index is 1240. The van der Waals surface area contributed by atoms with Crippen LogP contribution in [-0.2, 0) is 25.7 Å². The summed E-state index contributed by atoms with van der Waals surface area (Å²) in [6.45, 7) is 3.06. The summed E-state index contributed by atoms with van der Waals surface area (Å²) >= 11 is 0. The zero-order valence-electron chi connectivity index (χ0n) is 20.3. The van der Waals surface area contributed by atoms with Gasteiger partial charge in [0.2, 0.25) is 15.9 Å². The molecule has 1 amide bonds. The number of amides is 1. The molecule has 2 unspecified atom stereocenters. The molecule has 4 rings (SSSR count). The van der Waals surface area contributed by atoms with Crippen LogP contribution in [0.4, 0.5) is 13.2 Å². The van der Waals surface area contributed by atoms with E-state index in [-0.39, 0.29) is 22.7 Å². The number of benzene rings is 2. The van der Waals surface area contributed by atoms with E-state index in [1.165, 1.54) is 24.3 Å². The first-order valence-corrected chi connectivity index (χ1v) is 13.5. The number of alkyl halides is 3. The Morgan fingerprint density at radius 3 is 2.54 bits per heavy atom. The number of halogens is 3. The van der Waals surface area contributed by atoms with E-state index in [4.69, 9.17) is 20.3 Å². The van der Waals surface area contributed by atoms with Gasteiger partial charge in [-0.25, -0.2) is 13.6 Å².